The number of hydrogen-bond acceptors (Lipinski definition) is 8. The second kappa shape index (κ2) is 8.34. The van der Waals surface area contributed by atoms with E-state index < -0.39 is 23.5 Å². The van der Waals surface area contributed by atoms with Crippen molar-refractivity contribution in [3.63, 3.8) is 0 Å². The smallest absolute Gasteiger partial charge is 0.296 e. The Bertz CT molecular complexity index is 1410. The third-order valence-electron chi connectivity index (χ3n) is 5.40. The maximum Gasteiger partial charge on any atom is 0.296 e. The molecule has 0 radical (unpaired) electrons. The van der Waals surface area contributed by atoms with Gasteiger partial charge in [-0.05, 0) is 47.3 Å². The minimum atomic E-state index is -0.857. The van der Waals surface area contributed by atoms with Gasteiger partial charge in [0.25, 0.3) is 5.91 Å². The van der Waals surface area contributed by atoms with Crippen molar-refractivity contribution in [2.45, 2.75) is 6.04 Å². The molecule has 2 aromatic heterocycles. The standard InChI is InChI=1S/C24H18N2O5S2/c1-30-14-6-3-5-13(11-14)20-19(21(27)17-7-4-10-32-17)22(28)23(29)26(20)24-25-16-9-8-15(31-2)12-18(16)33-24/h3-12,20,28H,1-2H3/t20-/m1/s1. The van der Waals surface area contributed by atoms with Crippen molar-refractivity contribution in [2.24, 2.45) is 0 Å². The number of anilines is 1. The van der Waals surface area contributed by atoms with Gasteiger partial charge in [-0.3, -0.25) is 14.5 Å². The summed E-state index contributed by atoms with van der Waals surface area (Å²) >= 11 is 2.54. The Kier molecular flexibility index (Phi) is 5.35. The van der Waals surface area contributed by atoms with Gasteiger partial charge in [0.2, 0.25) is 5.78 Å². The van der Waals surface area contributed by atoms with Crippen LogP contribution in [0.5, 0.6) is 11.5 Å². The van der Waals surface area contributed by atoms with Gasteiger partial charge in [-0.2, -0.15) is 0 Å². The number of fused-ring (bicyclic) bond motifs is 1. The number of ketones is 1. The summed E-state index contributed by atoms with van der Waals surface area (Å²) in [6.45, 7) is 0. The van der Waals surface area contributed by atoms with Crippen LogP contribution in [0.3, 0.4) is 0 Å². The largest absolute Gasteiger partial charge is 0.503 e. The normalized spacial score (nSPS) is 16.0. The van der Waals surface area contributed by atoms with Gasteiger partial charge in [-0.25, -0.2) is 4.98 Å². The average molecular weight is 479 g/mol. The molecule has 1 atom stereocenters. The maximum atomic E-state index is 13.4. The molecule has 166 valence electrons. The van der Waals surface area contributed by atoms with Crippen LogP contribution < -0.4 is 14.4 Å². The SMILES string of the molecule is COc1cccc([C@@H]2C(C(=O)c3cccs3)=C(O)C(=O)N2c2nc3ccc(OC)cc3s2)c1. The second-order valence-electron chi connectivity index (χ2n) is 7.25. The lowest BCUT2D eigenvalue weighted by Gasteiger charge is -2.24. The van der Waals surface area contributed by atoms with E-state index in [1.165, 1.54) is 27.6 Å². The molecular formula is C24H18N2O5S2. The van der Waals surface area contributed by atoms with Crippen LogP contribution in [-0.2, 0) is 4.79 Å². The molecule has 0 unspecified atom stereocenters. The van der Waals surface area contributed by atoms with Crippen LogP contribution in [0.4, 0.5) is 5.13 Å². The lowest BCUT2D eigenvalue weighted by atomic mass is 9.95. The first-order valence-corrected chi connectivity index (χ1v) is 11.6. The van der Waals surface area contributed by atoms with Crippen molar-refractivity contribution in [3.8, 4) is 11.5 Å². The number of carbonyl (C=O) groups excluding carboxylic acids is 2. The number of hydrogen-bond donors (Lipinski definition) is 1. The first-order chi connectivity index (χ1) is 16.0. The number of amides is 1. The Balaban J connectivity index is 1.68. The summed E-state index contributed by atoms with van der Waals surface area (Å²) in [7, 11) is 3.12. The number of carbonyl (C=O) groups is 2. The first kappa shape index (κ1) is 21.2. The molecule has 33 heavy (non-hydrogen) atoms. The van der Waals surface area contributed by atoms with Crippen LogP contribution in [0, 0.1) is 0 Å². The van der Waals surface area contributed by atoms with Crippen LogP contribution in [0.1, 0.15) is 21.3 Å². The fraction of sp³-hybridized carbons (Fsp3) is 0.125. The molecule has 3 heterocycles. The first-order valence-electron chi connectivity index (χ1n) is 9.95. The topological polar surface area (TPSA) is 89.0 Å². The number of methoxy groups -OCH3 is 2. The Labute approximate surface area is 197 Å². The van der Waals surface area contributed by atoms with Crippen molar-refractivity contribution in [1.82, 2.24) is 4.98 Å². The van der Waals surface area contributed by atoms with Gasteiger partial charge >= 0.3 is 0 Å². The Morgan fingerprint density at radius 2 is 1.85 bits per heavy atom. The van der Waals surface area contributed by atoms with E-state index in [2.05, 4.69) is 4.98 Å². The molecule has 0 spiro atoms. The molecule has 0 fully saturated rings. The number of aliphatic hydroxyl groups excluding tert-OH is 1. The summed E-state index contributed by atoms with van der Waals surface area (Å²) in [4.78, 5) is 33.1. The van der Waals surface area contributed by atoms with Crippen LogP contribution in [-0.4, -0.2) is 36.0 Å². The number of ether oxygens (including phenoxy) is 2. The van der Waals surface area contributed by atoms with E-state index in [1.54, 1.807) is 68.1 Å². The molecule has 1 aliphatic heterocycles. The van der Waals surface area contributed by atoms with E-state index >= 15 is 0 Å². The highest BCUT2D eigenvalue weighted by atomic mass is 32.1. The van der Waals surface area contributed by atoms with E-state index in [-0.39, 0.29) is 5.57 Å². The van der Waals surface area contributed by atoms with Gasteiger partial charge in [0.15, 0.2) is 10.9 Å². The monoisotopic (exact) mass is 478 g/mol. The zero-order valence-electron chi connectivity index (χ0n) is 17.6. The molecule has 9 heteroatoms. The number of rotatable bonds is 6. The molecule has 1 amide bonds. The summed E-state index contributed by atoms with van der Waals surface area (Å²) in [6.07, 6.45) is 0. The molecule has 1 N–H and O–H groups in total. The summed E-state index contributed by atoms with van der Waals surface area (Å²) in [5.74, 6) is -0.395. The van der Waals surface area contributed by atoms with Crippen molar-refractivity contribution in [1.29, 1.82) is 0 Å². The van der Waals surface area contributed by atoms with Crippen molar-refractivity contribution >= 4 is 49.7 Å². The summed E-state index contributed by atoms with van der Waals surface area (Å²) in [5.41, 5.74) is 1.33. The number of Topliss-reactive ketones (excluding diaryl/α,β-unsaturated/α-hetero) is 1. The Morgan fingerprint density at radius 3 is 2.58 bits per heavy atom. The summed E-state index contributed by atoms with van der Waals surface area (Å²) in [6, 6.07) is 15.1. The number of nitrogens with zero attached hydrogens (tertiary/aromatic N) is 2. The predicted octanol–water partition coefficient (Wildman–Crippen LogP) is 5.16. The van der Waals surface area contributed by atoms with Crippen LogP contribution in [0.2, 0.25) is 0 Å². The van der Waals surface area contributed by atoms with Crippen molar-refractivity contribution in [3.05, 3.63) is 81.8 Å². The molecule has 0 saturated carbocycles. The van der Waals surface area contributed by atoms with Crippen molar-refractivity contribution < 1.29 is 24.2 Å². The van der Waals surface area contributed by atoms with E-state index in [0.29, 0.717) is 32.6 Å². The number of thiazole rings is 1. The van der Waals surface area contributed by atoms with Gasteiger partial charge in [0.05, 0.1) is 40.9 Å². The van der Waals surface area contributed by atoms with Crippen molar-refractivity contribution in [2.75, 3.05) is 19.1 Å². The van der Waals surface area contributed by atoms with E-state index in [9.17, 15) is 14.7 Å². The van der Waals surface area contributed by atoms with E-state index in [1.807, 2.05) is 6.07 Å². The average Bonchev–Trinajstić information content (AvgIpc) is 3.57. The highest BCUT2D eigenvalue weighted by Crippen LogP contribution is 2.45. The number of benzene rings is 2. The molecule has 5 rings (SSSR count). The van der Waals surface area contributed by atoms with Gasteiger partial charge in [-0.15, -0.1) is 11.3 Å². The molecule has 1 aliphatic rings. The maximum absolute atomic E-state index is 13.4. The second-order valence-corrected chi connectivity index (χ2v) is 9.21. The van der Waals surface area contributed by atoms with Gasteiger partial charge < -0.3 is 14.6 Å². The number of thiophene rings is 1. The highest BCUT2D eigenvalue weighted by molar-refractivity contribution is 7.22. The Hall–Kier alpha value is -3.69. The lowest BCUT2D eigenvalue weighted by molar-refractivity contribution is -0.117. The molecule has 0 bridgehead atoms. The summed E-state index contributed by atoms with van der Waals surface area (Å²) < 4.78 is 11.5. The fourth-order valence-electron chi connectivity index (χ4n) is 3.82. The lowest BCUT2D eigenvalue weighted by Crippen LogP contribution is -2.30. The molecule has 0 saturated heterocycles. The molecule has 4 aromatic rings. The number of aliphatic hydroxyl groups is 1. The zero-order chi connectivity index (χ0) is 23.1. The zero-order valence-corrected chi connectivity index (χ0v) is 19.3. The van der Waals surface area contributed by atoms with Crippen LogP contribution >= 0.6 is 22.7 Å². The quantitative estimate of drug-likeness (QED) is 0.385. The molecular weight excluding hydrogens is 460 g/mol. The minimum Gasteiger partial charge on any atom is -0.503 e. The van der Waals surface area contributed by atoms with Gasteiger partial charge in [0, 0.05) is 0 Å². The minimum absolute atomic E-state index is 0.0209. The number of aromatic nitrogens is 1. The van der Waals surface area contributed by atoms with E-state index in [0.717, 1.165) is 4.70 Å². The Morgan fingerprint density at radius 1 is 1.06 bits per heavy atom. The fourth-order valence-corrected chi connectivity index (χ4v) is 5.52. The predicted molar refractivity (Wildman–Crippen MR) is 128 cm³/mol. The third-order valence-corrected chi connectivity index (χ3v) is 7.28. The molecule has 0 aliphatic carbocycles. The van der Waals surface area contributed by atoms with Gasteiger partial charge in [-0.1, -0.05) is 29.5 Å². The third kappa shape index (κ3) is 3.55. The summed E-state index contributed by atoms with van der Waals surface area (Å²) in [5, 5.41) is 13.0. The van der Waals surface area contributed by atoms with Gasteiger partial charge in [0.1, 0.15) is 11.5 Å². The van der Waals surface area contributed by atoms with E-state index in [4.69, 9.17) is 9.47 Å². The van der Waals surface area contributed by atoms with Crippen LogP contribution in [0.25, 0.3) is 10.2 Å². The highest BCUT2D eigenvalue weighted by Gasteiger charge is 2.46. The van der Waals surface area contributed by atoms with Crippen LogP contribution in [0.15, 0.2) is 71.3 Å². The molecule has 7 nitrogen and oxygen atoms in total. The molecule has 2 aromatic carbocycles.